The van der Waals surface area contributed by atoms with Gasteiger partial charge in [-0.25, -0.2) is 0 Å². The molecule has 0 saturated heterocycles. The molecule has 0 radical (unpaired) electrons. The SMILES string of the molecule is CC(=O)N(C)C1(c2nnnn2-c2ccc(C)cc2C)CCCCC1. The Bertz CT molecular complexity index is 746. The third-order valence-electron chi connectivity index (χ3n) is 5.26. The maximum atomic E-state index is 12.2. The van der Waals surface area contributed by atoms with Crippen molar-refractivity contribution in [3.63, 3.8) is 0 Å². The molecule has 1 aromatic carbocycles. The Balaban J connectivity index is 2.14. The van der Waals surface area contributed by atoms with E-state index >= 15 is 0 Å². The molecule has 128 valence electrons. The van der Waals surface area contributed by atoms with Crippen LogP contribution in [0.5, 0.6) is 0 Å². The average molecular weight is 327 g/mol. The minimum Gasteiger partial charge on any atom is -0.333 e. The first-order valence-electron chi connectivity index (χ1n) is 8.56. The number of amides is 1. The van der Waals surface area contributed by atoms with E-state index in [9.17, 15) is 4.79 Å². The largest absolute Gasteiger partial charge is 0.333 e. The lowest BCUT2D eigenvalue weighted by Gasteiger charge is -2.43. The van der Waals surface area contributed by atoms with Gasteiger partial charge >= 0.3 is 0 Å². The molecule has 0 atom stereocenters. The number of aromatic nitrogens is 4. The topological polar surface area (TPSA) is 63.9 Å². The number of benzene rings is 1. The number of carbonyl (C=O) groups excluding carboxylic acids is 1. The lowest BCUT2D eigenvalue weighted by atomic mass is 9.79. The Morgan fingerprint density at radius 2 is 1.92 bits per heavy atom. The number of tetrazole rings is 1. The van der Waals surface area contributed by atoms with E-state index in [2.05, 4.69) is 47.6 Å². The monoisotopic (exact) mass is 327 g/mol. The quantitative estimate of drug-likeness (QED) is 0.869. The van der Waals surface area contributed by atoms with Crippen LogP contribution in [0.15, 0.2) is 18.2 Å². The molecule has 24 heavy (non-hydrogen) atoms. The smallest absolute Gasteiger partial charge is 0.220 e. The first-order chi connectivity index (χ1) is 11.5. The Kier molecular flexibility index (Phi) is 4.39. The lowest BCUT2D eigenvalue weighted by Crippen LogP contribution is -2.49. The highest BCUT2D eigenvalue weighted by Crippen LogP contribution is 2.41. The van der Waals surface area contributed by atoms with Crippen molar-refractivity contribution in [2.24, 2.45) is 0 Å². The van der Waals surface area contributed by atoms with E-state index in [0.717, 1.165) is 42.8 Å². The molecule has 1 aromatic heterocycles. The van der Waals surface area contributed by atoms with E-state index < -0.39 is 5.54 Å². The summed E-state index contributed by atoms with van der Waals surface area (Å²) in [5, 5.41) is 12.6. The first-order valence-corrected chi connectivity index (χ1v) is 8.56. The predicted molar refractivity (Wildman–Crippen MR) is 91.8 cm³/mol. The second kappa shape index (κ2) is 6.34. The van der Waals surface area contributed by atoms with Gasteiger partial charge in [0.25, 0.3) is 0 Å². The van der Waals surface area contributed by atoms with Crippen LogP contribution in [0.3, 0.4) is 0 Å². The third-order valence-corrected chi connectivity index (χ3v) is 5.26. The summed E-state index contributed by atoms with van der Waals surface area (Å²) in [6.07, 6.45) is 5.15. The average Bonchev–Trinajstić information content (AvgIpc) is 3.04. The molecule has 1 aliphatic rings. The lowest BCUT2D eigenvalue weighted by molar-refractivity contribution is -0.135. The summed E-state index contributed by atoms with van der Waals surface area (Å²) in [5.74, 6) is 0.818. The molecule has 0 bridgehead atoms. The molecular weight excluding hydrogens is 302 g/mol. The van der Waals surface area contributed by atoms with Crippen molar-refractivity contribution in [3.8, 4) is 5.69 Å². The van der Waals surface area contributed by atoms with Crippen LogP contribution in [0.25, 0.3) is 5.69 Å². The molecule has 3 rings (SSSR count). The highest BCUT2D eigenvalue weighted by atomic mass is 16.2. The number of rotatable bonds is 3. The Morgan fingerprint density at radius 3 is 2.54 bits per heavy atom. The zero-order chi connectivity index (χ0) is 17.3. The summed E-state index contributed by atoms with van der Waals surface area (Å²) in [6, 6.07) is 6.24. The zero-order valence-electron chi connectivity index (χ0n) is 14.9. The van der Waals surface area contributed by atoms with Gasteiger partial charge in [0, 0.05) is 14.0 Å². The fraction of sp³-hybridized carbons (Fsp3) is 0.556. The van der Waals surface area contributed by atoms with Crippen LogP contribution in [0.4, 0.5) is 0 Å². The summed E-state index contributed by atoms with van der Waals surface area (Å²) in [6.45, 7) is 5.75. The first kappa shape index (κ1) is 16.6. The summed E-state index contributed by atoms with van der Waals surface area (Å²) >= 11 is 0. The summed E-state index contributed by atoms with van der Waals surface area (Å²) in [4.78, 5) is 14.0. The van der Waals surface area contributed by atoms with E-state index in [0.29, 0.717) is 0 Å². The Labute approximate surface area is 142 Å². The highest BCUT2D eigenvalue weighted by molar-refractivity contribution is 5.74. The van der Waals surface area contributed by atoms with Gasteiger partial charge < -0.3 is 4.90 Å². The standard InChI is InChI=1S/C18H25N5O/c1-13-8-9-16(14(2)12-13)23-17(19-20-21-23)18(22(4)15(3)24)10-6-5-7-11-18/h8-9,12H,5-7,10-11H2,1-4H3. The Hall–Kier alpha value is -2.24. The van der Waals surface area contributed by atoms with E-state index in [-0.39, 0.29) is 5.91 Å². The van der Waals surface area contributed by atoms with Gasteiger partial charge in [0.05, 0.1) is 5.69 Å². The van der Waals surface area contributed by atoms with E-state index in [1.165, 1.54) is 12.0 Å². The van der Waals surface area contributed by atoms with Crippen molar-refractivity contribution in [1.29, 1.82) is 0 Å². The molecule has 1 aliphatic carbocycles. The van der Waals surface area contributed by atoms with Crippen molar-refractivity contribution in [2.75, 3.05) is 7.05 Å². The maximum Gasteiger partial charge on any atom is 0.220 e. The second-order valence-electron chi connectivity index (χ2n) is 6.87. The van der Waals surface area contributed by atoms with Crippen LogP contribution in [0.2, 0.25) is 0 Å². The number of aryl methyl sites for hydroxylation is 2. The van der Waals surface area contributed by atoms with Crippen molar-refractivity contribution >= 4 is 5.91 Å². The fourth-order valence-electron chi connectivity index (χ4n) is 3.83. The van der Waals surface area contributed by atoms with Gasteiger partial charge in [-0.3, -0.25) is 4.79 Å². The van der Waals surface area contributed by atoms with E-state index in [4.69, 9.17) is 0 Å². The number of nitrogens with zero attached hydrogens (tertiary/aromatic N) is 5. The minimum absolute atomic E-state index is 0.0482. The van der Waals surface area contributed by atoms with Crippen LogP contribution in [-0.4, -0.2) is 38.1 Å². The third kappa shape index (κ3) is 2.70. The molecule has 1 saturated carbocycles. The normalized spacial score (nSPS) is 16.8. The molecule has 2 aromatic rings. The molecule has 1 fully saturated rings. The van der Waals surface area contributed by atoms with Crippen molar-refractivity contribution in [3.05, 3.63) is 35.2 Å². The molecule has 0 unspecified atom stereocenters. The van der Waals surface area contributed by atoms with Crippen LogP contribution >= 0.6 is 0 Å². The van der Waals surface area contributed by atoms with Crippen LogP contribution in [0, 0.1) is 13.8 Å². The highest BCUT2D eigenvalue weighted by Gasteiger charge is 2.44. The number of hydrogen-bond acceptors (Lipinski definition) is 4. The van der Waals surface area contributed by atoms with Gasteiger partial charge in [-0.15, -0.1) is 5.10 Å². The van der Waals surface area contributed by atoms with Gasteiger partial charge in [-0.2, -0.15) is 4.68 Å². The molecule has 1 heterocycles. The van der Waals surface area contributed by atoms with E-state index in [1.54, 1.807) is 6.92 Å². The van der Waals surface area contributed by atoms with Gasteiger partial charge in [0.15, 0.2) is 5.82 Å². The summed E-state index contributed by atoms with van der Waals surface area (Å²) < 4.78 is 1.82. The van der Waals surface area contributed by atoms with Gasteiger partial charge in [0.1, 0.15) is 5.54 Å². The molecule has 6 nitrogen and oxygen atoms in total. The van der Waals surface area contributed by atoms with Crippen molar-refractivity contribution < 1.29 is 4.79 Å². The molecule has 0 aliphatic heterocycles. The fourth-order valence-corrected chi connectivity index (χ4v) is 3.83. The van der Waals surface area contributed by atoms with Crippen molar-refractivity contribution in [2.45, 2.75) is 58.4 Å². The summed E-state index contributed by atoms with van der Waals surface area (Å²) in [5.41, 5.74) is 2.88. The van der Waals surface area contributed by atoms with Gasteiger partial charge in [-0.05, 0) is 48.7 Å². The van der Waals surface area contributed by atoms with Crippen molar-refractivity contribution in [1.82, 2.24) is 25.1 Å². The Morgan fingerprint density at radius 1 is 1.21 bits per heavy atom. The predicted octanol–water partition coefficient (Wildman–Crippen LogP) is 2.92. The van der Waals surface area contributed by atoms with Crippen LogP contribution < -0.4 is 0 Å². The van der Waals surface area contributed by atoms with Gasteiger partial charge in [-0.1, -0.05) is 37.0 Å². The zero-order valence-corrected chi connectivity index (χ0v) is 14.9. The number of carbonyl (C=O) groups is 1. The molecule has 6 heteroatoms. The molecule has 0 N–H and O–H groups in total. The second-order valence-corrected chi connectivity index (χ2v) is 6.87. The van der Waals surface area contributed by atoms with Crippen LogP contribution in [0.1, 0.15) is 56.0 Å². The molecule has 0 spiro atoms. The maximum absolute atomic E-state index is 12.2. The minimum atomic E-state index is -0.426. The summed E-state index contributed by atoms with van der Waals surface area (Å²) in [7, 11) is 1.87. The van der Waals surface area contributed by atoms with Crippen LogP contribution in [-0.2, 0) is 10.3 Å². The van der Waals surface area contributed by atoms with E-state index in [1.807, 2.05) is 16.6 Å². The molecular formula is C18H25N5O. The molecule has 1 amide bonds. The van der Waals surface area contributed by atoms with Gasteiger partial charge in [0.2, 0.25) is 5.91 Å². The number of hydrogen-bond donors (Lipinski definition) is 0.